The molecule has 0 unspecified atom stereocenters. The fourth-order valence-corrected chi connectivity index (χ4v) is 2.58. The molecule has 3 N–H and O–H groups in total. The summed E-state index contributed by atoms with van der Waals surface area (Å²) in [4.78, 5) is 6.83. The smallest absolute Gasteiger partial charge is 0.115 e. The fourth-order valence-electron chi connectivity index (χ4n) is 2.58. The molecule has 0 bridgehead atoms. The van der Waals surface area contributed by atoms with E-state index < -0.39 is 0 Å². The van der Waals surface area contributed by atoms with Crippen molar-refractivity contribution in [2.45, 2.75) is 19.8 Å². The van der Waals surface area contributed by atoms with Gasteiger partial charge in [-0.1, -0.05) is 12.1 Å². The molecule has 0 aliphatic heterocycles. The van der Waals surface area contributed by atoms with Crippen LogP contribution in [0.4, 0.5) is 0 Å². The average Bonchev–Trinajstić information content (AvgIpc) is 3.02. The molecule has 3 aromatic rings. The lowest BCUT2D eigenvalue weighted by Gasteiger charge is -2.15. The largest absolute Gasteiger partial charge is 0.508 e. The van der Waals surface area contributed by atoms with Crippen LogP contribution in [0, 0.1) is 13.8 Å². The Hall–Kier alpha value is -2.42. The number of hydrogen-bond acceptors (Lipinski definition) is 1. The van der Waals surface area contributed by atoms with Gasteiger partial charge in [0.05, 0.1) is 5.92 Å². The van der Waals surface area contributed by atoms with E-state index in [-0.39, 0.29) is 11.7 Å². The van der Waals surface area contributed by atoms with Crippen molar-refractivity contribution in [3.8, 4) is 5.75 Å². The minimum atomic E-state index is 0.123. The van der Waals surface area contributed by atoms with Gasteiger partial charge in [0.15, 0.2) is 0 Å². The summed E-state index contributed by atoms with van der Waals surface area (Å²) < 4.78 is 0. The van der Waals surface area contributed by atoms with Crippen LogP contribution < -0.4 is 0 Å². The topological polar surface area (TPSA) is 51.8 Å². The van der Waals surface area contributed by atoms with Gasteiger partial charge in [0.25, 0.3) is 0 Å². The van der Waals surface area contributed by atoms with Gasteiger partial charge in [-0.05, 0) is 55.8 Å². The highest BCUT2D eigenvalue weighted by atomic mass is 16.3. The number of rotatable bonds is 3. The molecular formula is C17H18N2O. The van der Waals surface area contributed by atoms with Gasteiger partial charge in [-0.25, -0.2) is 0 Å². The first-order chi connectivity index (χ1) is 9.63. The number of aromatic amines is 2. The predicted octanol–water partition coefficient (Wildman–Crippen LogP) is 3.85. The number of aromatic nitrogens is 2. The Balaban J connectivity index is 2.10. The first kappa shape index (κ1) is 12.6. The van der Waals surface area contributed by atoms with E-state index in [0.717, 1.165) is 28.3 Å². The molecule has 2 heterocycles. The molecular weight excluding hydrogens is 248 g/mol. The van der Waals surface area contributed by atoms with Crippen molar-refractivity contribution in [1.82, 2.24) is 9.97 Å². The van der Waals surface area contributed by atoms with Gasteiger partial charge in [-0.15, -0.1) is 0 Å². The first-order valence-corrected chi connectivity index (χ1v) is 6.73. The fraction of sp³-hybridized carbons (Fsp3) is 0.176. The zero-order valence-corrected chi connectivity index (χ0v) is 11.6. The standard InChI is InChI=1S/C17H18N2O/c1-11-3-9-15(18-11)17(16-10-4-12(2)19-16)13-5-7-14(20)8-6-13/h3-10,17-20H,1-2H3. The summed E-state index contributed by atoms with van der Waals surface area (Å²) in [6, 6.07) is 15.8. The van der Waals surface area contributed by atoms with Crippen molar-refractivity contribution >= 4 is 0 Å². The van der Waals surface area contributed by atoms with E-state index in [9.17, 15) is 5.11 Å². The van der Waals surface area contributed by atoms with Gasteiger partial charge in [0.2, 0.25) is 0 Å². The quantitative estimate of drug-likeness (QED) is 0.662. The lowest BCUT2D eigenvalue weighted by Crippen LogP contribution is -2.04. The summed E-state index contributed by atoms with van der Waals surface area (Å²) >= 11 is 0. The monoisotopic (exact) mass is 266 g/mol. The second kappa shape index (κ2) is 4.93. The zero-order chi connectivity index (χ0) is 14.1. The Labute approximate surface area is 118 Å². The maximum Gasteiger partial charge on any atom is 0.115 e. The summed E-state index contributed by atoms with van der Waals surface area (Å²) in [6.07, 6.45) is 0. The molecule has 0 fully saturated rings. The third kappa shape index (κ3) is 2.35. The van der Waals surface area contributed by atoms with Crippen LogP contribution in [0.3, 0.4) is 0 Å². The Morgan fingerprint density at radius 2 is 1.25 bits per heavy atom. The van der Waals surface area contributed by atoms with Crippen LogP contribution in [0.25, 0.3) is 0 Å². The SMILES string of the molecule is Cc1ccc(C(c2ccc(O)cc2)c2ccc(C)[nH]2)[nH]1. The second-order valence-corrected chi connectivity index (χ2v) is 5.22. The van der Waals surface area contributed by atoms with Gasteiger partial charge in [0.1, 0.15) is 5.75 Å². The minimum Gasteiger partial charge on any atom is -0.508 e. The van der Waals surface area contributed by atoms with E-state index in [1.54, 1.807) is 12.1 Å². The number of benzene rings is 1. The molecule has 0 saturated heterocycles. The molecule has 0 saturated carbocycles. The van der Waals surface area contributed by atoms with E-state index in [1.807, 2.05) is 12.1 Å². The Bertz CT molecular complexity index is 666. The Morgan fingerprint density at radius 3 is 1.65 bits per heavy atom. The summed E-state index contributed by atoms with van der Waals surface area (Å²) in [5.74, 6) is 0.413. The number of H-pyrrole nitrogens is 2. The van der Waals surface area contributed by atoms with Crippen LogP contribution in [-0.4, -0.2) is 15.1 Å². The molecule has 102 valence electrons. The summed E-state index contributed by atoms with van der Waals surface area (Å²) in [5, 5.41) is 9.47. The highest BCUT2D eigenvalue weighted by Gasteiger charge is 2.19. The van der Waals surface area contributed by atoms with Gasteiger partial charge < -0.3 is 15.1 Å². The van der Waals surface area contributed by atoms with Crippen molar-refractivity contribution in [2.24, 2.45) is 0 Å². The average molecular weight is 266 g/mol. The highest BCUT2D eigenvalue weighted by Crippen LogP contribution is 2.31. The van der Waals surface area contributed by atoms with Gasteiger partial charge >= 0.3 is 0 Å². The van der Waals surface area contributed by atoms with E-state index >= 15 is 0 Å². The number of nitrogens with one attached hydrogen (secondary N) is 2. The van der Waals surface area contributed by atoms with Crippen LogP contribution in [0.5, 0.6) is 5.75 Å². The number of phenols is 1. The number of aryl methyl sites for hydroxylation is 2. The number of phenolic OH excluding ortho intramolecular Hbond substituents is 1. The highest BCUT2D eigenvalue weighted by molar-refractivity contribution is 5.41. The van der Waals surface area contributed by atoms with Crippen LogP contribution >= 0.6 is 0 Å². The zero-order valence-electron chi connectivity index (χ0n) is 11.6. The van der Waals surface area contributed by atoms with Gasteiger partial charge in [-0.2, -0.15) is 0 Å². The summed E-state index contributed by atoms with van der Waals surface area (Å²) in [6.45, 7) is 4.11. The predicted molar refractivity (Wildman–Crippen MR) is 80.1 cm³/mol. The van der Waals surface area contributed by atoms with Crippen LogP contribution in [0.15, 0.2) is 48.5 Å². The summed E-state index contributed by atoms with van der Waals surface area (Å²) in [5.41, 5.74) is 5.73. The van der Waals surface area contributed by atoms with E-state index in [2.05, 4.69) is 48.1 Å². The van der Waals surface area contributed by atoms with Crippen molar-refractivity contribution < 1.29 is 5.11 Å². The minimum absolute atomic E-state index is 0.123. The lowest BCUT2D eigenvalue weighted by molar-refractivity contribution is 0.475. The first-order valence-electron chi connectivity index (χ1n) is 6.73. The molecule has 0 aliphatic rings. The van der Waals surface area contributed by atoms with Crippen LogP contribution in [-0.2, 0) is 0 Å². The molecule has 0 amide bonds. The van der Waals surface area contributed by atoms with Crippen molar-refractivity contribution in [2.75, 3.05) is 0 Å². The third-order valence-electron chi connectivity index (χ3n) is 3.56. The Morgan fingerprint density at radius 1 is 0.750 bits per heavy atom. The van der Waals surface area contributed by atoms with Crippen LogP contribution in [0.2, 0.25) is 0 Å². The molecule has 0 aliphatic carbocycles. The molecule has 20 heavy (non-hydrogen) atoms. The van der Waals surface area contributed by atoms with Gasteiger partial charge in [0, 0.05) is 22.8 Å². The van der Waals surface area contributed by atoms with Gasteiger partial charge in [-0.3, -0.25) is 0 Å². The van der Waals surface area contributed by atoms with Crippen molar-refractivity contribution in [3.05, 3.63) is 76.9 Å². The molecule has 3 heteroatoms. The van der Waals surface area contributed by atoms with E-state index in [4.69, 9.17) is 0 Å². The molecule has 0 spiro atoms. The third-order valence-corrected chi connectivity index (χ3v) is 3.56. The molecule has 0 atom stereocenters. The molecule has 2 aromatic heterocycles. The maximum absolute atomic E-state index is 9.47. The number of hydrogen-bond donors (Lipinski definition) is 3. The van der Waals surface area contributed by atoms with Crippen molar-refractivity contribution in [3.63, 3.8) is 0 Å². The van der Waals surface area contributed by atoms with E-state index in [1.165, 1.54) is 0 Å². The molecule has 0 radical (unpaired) electrons. The normalized spacial score (nSPS) is 11.2. The lowest BCUT2D eigenvalue weighted by atomic mass is 9.92. The van der Waals surface area contributed by atoms with Crippen LogP contribution in [0.1, 0.15) is 34.3 Å². The second-order valence-electron chi connectivity index (χ2n) is 5.22. The maximum atomic E-state index is 9.47. The molecule has 1 aromatic carbocycles. The van der Waals surface area contributed by atoms with Crippen molar-refractivity contribution in [1.29, 1.82) is 0 Å². The Kier molecular flexibility index (Phi) is 3.11. The molecule has 3 rings (SSSR count). The molecule has 3 nitrogen and oxygen atoms in total. The summed E-state index contributed by atoms with van der Waals surface area (Å²) in [7, 11) is 0. The number of aromatic hydroxyl groups is 1. The van der Waals surface area contributed by atoms with E-state index in [0.29, 0.717) is 0 Å².